The van der Waals surface area contributed by atoms with Gasteiger partial charge >= 0.3 is 0 Å². The number of fused-ring (bicyclic) bond motifs is 1. The van der Waals surface area contributed by atoms with Gasteiger partial charge in [-0.15, -0.1) is 0 Å². The maximum absolute atomic E-state index is 13.3. The van der Waals surface area contributed by atoms with Gasteiger partial charge in [0.05, 0.1) is 12.2 Å². The zero-order chi connectivity index (χ0) is 15.2. The van der Waals surface area contributed by atoms with E-state index in [1.165, 1.54) is 12.2 Å². The van der Waals surface area contributed by atoms with Gasteiger partial charge in [-0.1, -0.05) is 36.4 Å². The normalized spacial score (nSPS) is 15.6. The van der Waals surface area contributed by atoms with Crippen molar-refractivity contribution in [3.8, 4) is 5.75 Å². The van der Waals surface area contributed by atoms with Crippen molar-refractivity contribution < 1.29 is 13.9 Å². The van der Waals surface area contributed by atoms with E-state index in [1.54, 1.807) is 6.07 Å². The maximum atomic E-state index is 13.3. The van der Waals surface area contributed by atoms with Gasteiger partial charge in [0.15, 0.2) is 0 Å². The average molecular weight is 310 g/mol. The average Bonchev–Trinajstić information content (AvgIpc) is 2.46. The quantitative estimate of drug-likeness (QED) is 0.511. The van der Waals surface area contributed by atoms with Gasteiger partial charge in [-0.3, -0.25) is 4.79 Å². The molecule has 5 heteroatoms. The number of nitrogens with one attached hydrogen (secondary N) is 1. The van der Waals surface area contributed by atoms with Gasteiger partial charge < -0.3 is 10.1 Å². The molecule has 112 valence electrons. The highest BCUT2D eigenvalue weighted by Gasteiger charge is 2.20. The fraction of sp³-hybridized carbons (Fsp3) is 0.312. The second kappa shape index (κ2) is 7.27. The van der Waals surface area contributed by atoms with E-state index >= 15 is 0 Å². The summed E-state index contributed by atoms with van der Waals surface area (Å²) in [6.45, 7) is 4.00. The Morgan fingerprint density at radius 3 is 3.14 bits per heavy atom. The minimum absolute atomic E-state index is 0.0881. The molecule has 1 amide bonds. The zero-order valence-electron chi connectivity index (χ0n) is 11.6. The highest BCUT2D eigenvalue weighted by molar-refractivity contribution is 6.22. The van der Waals surface area contributed by atoms with Gasteiger partial charge in [0.2, 0.25) is 0 Å². The molecule has 0 aromatic heterocycles. The van der Waals surface area contributed by atoms with Gasteiger partial charge in [0, 0.05) is 6.42 Å². The minimum Gasteiger partial charge on any atom is -0.492 e. The Bertz CT molecular complexity index is 571. The molecule has 1 heterocycles. The number of aryl methyl sites for hydroxylation is 1. The lowest BCUT2D eigenvalue weighted by molar-refractivity contribution is 0.0943. The number of alkyl halides is 1. The van der Waals surface area contributed by atoms with Crippen LogP contribution in [0.25, 0.3) is 0 Å². The number of hydrogen-bond donors (Lipinski definition) is 1. The predicted octanol–water partition coefficient (Wildman–Crippen LogP) is 3.74. The molecule has 1 aromatic rings. The van der Waals surface area contributed by atoms with E-state index in [0.717, 1.165) is 18.4 Å². The largest absolute Gasteiger partial charge is 0.492 e. The first-order valence-electron chi connectivity index (χ1n) is 6.78. The van der Waals surface area contributed by atoms with E-state index in [4.69, 9.17) is 16.3 Å². The fourth-order valence-electron chi connectivity index (χ4n) is 2.21. The lowest BCUT2D eigenvalue weighted by Crippen LogP contribution is -2.31. The molecule has 0 aliphatic carbocycles. The van der Waals surface area contributed by atoms with Crippen molar-refractivity contribution in [2.24, 2.45) is 0 Å². The summed E-state index contributed by atoms with van der Waals surface area (Å²) >= 11 is 5.95. The summed E-state index contributed by atoms with van der Waals surface area (Å²) in [6, 6.07) is 5.43. The minimum atomic E-state index is -0.826. The molecule has 1 N–H and O–H groups in total. The Hall–Kier alpha value is -1.81. The standard InChI is InChI=1S/C16H17ClFNO2/c1-2-5-12(18)10-14(17)19-16(20)13-8-3-6-11-7-4-9-21-15(11)13/h2-3,5-6,8,14H,1,4,7,9-10H2,(H,19,20)/b12-5+. The van der Waals surface area contributed by atoms with Crippen LogP contribution in [0, 0.1) is 0 Å². The Morgan fingerprint density at radius 2 is 2.38 bits per heavy atom. The summed E-state index contributed by atoms with van der Waals surface area (Å²) in [6.07, 6.45) is 4.29. The molecule has 1 aliphatic heterocycles. The van der Waals surface area contributed by atoms with Crippen LogP contribution in [0.3, 0.4) is 0 Å². The zero-order valence-corrected chi connectivity index (χ0v) is 12.3. The van der Waals surface area contributed by atoms with Crippen LogP contribution in [0.4, 0.5) is 4.39 Å². The molecule has 1 unspecified atom stereocenters. The number of carbonyl (C=O) groups is 1. The molecule has 0 saturated carbocycles. The molecule has 0 spiro atoms. The van der Waals surface area contributed by atoms with Crippen LogP contribution in [-0.4, -0.2) is 18.0 Å². The lowest BCUT2D eigenvalue weighted by Gasteiger charge is -2.20. The van der Waals surface area contributed by atoms with Crippen molar-refractivity contribution in [2.75, 3.05) is 6.61 Å². The van der Waals surface area contributed by atoms with Crippen molar-refractivity contribution in [1.29, 1.82) is 0 Å². The van der Waals surface area contributed by atoms with E-state index in [2.05, 4.69) is 11.9 Å². The van der Waals surface area contributed by atoms with E-state index in [1.807, 2.05) is 12.1 Å². The Kier molecular flexibility index (Phi) is 5.39. The molecule has 1 aromatic carbocycles. The number of rotatable bonds is 5. The second-order valence-corrected chi connectivity index (χ2v) is 5.27. The third-order valence-corrected chi connectivity index (χ3v) is 3.40. The summed E-state index contributed by atoms with van der Waals surface area (Å²) in [5.41, 5.74) is 0.622. The number of amides is 1. The second-order valence-electron chi connectivity index (χ2n) is 4.74. The number of allylic oxidation sites excluding steroid dienone is 2. The van der Waals surface area contributed by atoms with Gasteiger partial charge in [-0.2, -0.15) is 0 Å². The summed E-state index contributed by atoms with van der Waals surface area (Å²) < 4.78 is 18.9. The first kappa shape index (κ1) is 15.6. The number of halogens is 2. The predicted molar refractivity (Wildman–Crippen MR) is 81.4 cm³/mol. The molecule has 1 atom stereocenters. The van der Waals surface area contributed by atoms with Crippen LogP contribution in [0.5, 0.6) is 5.75 Å². The van der Waals surface area contributed by atoms with E-state index in [0.29, 0.717) is 17.9 Å². The lowest BCUT2D eigenvalue weighted by atomic mass is 10.0. The molecule has 3 nitrogen and oxygen atoms in total. The summed E-state index contributed by atoms with van der Waals surface area (Å²) in [4.78, 5) is 12.2. The third-order valence-electron chi connectivity index (χ3n) is 3.14. The van der Waals surface area contributed by atoms with Gasteiger partial charge in [-0.25, -0.2) is 4.39 Å². The molecule has 2 rings (SSSR count). The molecule has 1 aliphatic rings. The van der Waals surface area contributed by atoms with Crippen molar-refractivity contribution in [3.63, 3.8) is 0 Å². The van der Waals surface area contributed by atoms with Crippen LogP contribution >= 0.6 is 11.6 Å². The number of hydrogen-bond acceptors (Lipinski definition) is 2. The number of benzene rings is 1. The highest BCUT2D eigenvalue weighted by Crippen LogP contribution is 2.29. The van der Waals surface area contributed by atoms with Crippen LogP contribution in [0.15, 0.2) is 42.8 Å². The van der Waals surface area contributed by atoms with E-state index < -0.39 is 11.3 Å². The number of para-hydroxylation sites is 1. The van der Waals surface area contributed by atoms with Gasteiger partial charge in [-0.05, 0) is 30.5 Å². The Balaban J connectivity index is 2.07. The molecule has 0 saturated heterocycles. The topological polar surface area (TPSA) is 38.3 Å². The van der Waals surface area contributed by atoms with Crippen LogP contribution in [0.2, 0.25) is 0 Å². The third kappa shape index (κ3) is 4.08. The monoisotopic (exact) mass is 309 g/mol. The number of carbonyl (C=O) groups excluding carboxylic acids is 1. The molecule has 0 bridgehead atoms. The molecule has 21 heavy (non-hydrogen) atoms. The van der Waals surface area contributed by atoms with Crippen molar-refractivity contribution in [1.82, 2.24) is 5.32 Å². The van der Waals surface area contributed by atoms with Crippen molar-refractivity contribution in [3.05, 3.63) is 53.9 Å². The SMILES string of the molecule is C=C/C=C(/F)CC(Cl)NC(=O)c1cccc2c1OCCC2. The van der Waals surface area contributed by atoms with E-state index in [-0.39, 0.29) is 12.3 Å². The summed E-state index contributed by atoms with van der Waals surface area (Å²) in [7, 11) is 0. The summed E-state index contributed by atoms with van der Waals surface area (Å²) in [5, 5.41) is 2.57. The van der Waals surface area contributed by atoms with Crippen LogP contribution in [-0.2, 0) is 6.42 Å². The van der Waals surface area contributed by atoms with Crippen LogP contribution in [0.1, 0.15) is 28.8 Å². The maximum Gasteiger partial charge on any atom is 0.256 e. The smallest absolute Gasteiger partial charge is 0.256 e. The van der Waals surface area contributed by atoms with Crippen molar-refractivity contribution in [2.45, 2.75) is 24.8 Å². The summed E-state index contributed by atoms with van der Waals surface area (Å²) in [5.74, 6) is -0.191. The molecular weight excluding hydrogens is 293 g/mol. The Morgan fingerprint density at radius 1 is 1.57 bits per heavy atom. The van der Waals surface area contributed by atoms with E-state index in [9.17, 15) is 9.18 Å². The molecule has 0 fully saturated rings. The van der Waals surface area contributed by atoms with Crippen LogP contribution < -0.4 is 10.1 Å². The first-order chi connectivity index (χ1) is 10.1. The first-order valence-corrected chi connectivity index (χ1v) is 7.22. The highest BCUT2D eigenvalue weighted by atomic mass is 35.5. The number of ether oxygens (including phenoxy) is 1. The van der Waals surface area contributed by atoms with Gasteiger partial charge in [0.25, 0.3) is 5.91 Å². The molecular formula is C16H17ClFNO2. The van der Waals surface area contributed by atoms with Gasteiger partial charge in [0.1, 0.15) is 17.1 Å². The van der Waals surface area contributed by atoms with Crippen molar-refractivity contribution >= 4 is 17.5 Å². The fourth-order valence-corrected chi connectivity index (χ4v) is 2.45. The molecule has 0 radical (unpaired) electrons. The Labute approximate surface area is 128 Å².